The molecule has 138 valence electrons. The number of furan rings is 1. The Morgan fingerprint density at radius 1 is 1.16 bits per heavy atom. The lowest BCUT2D eigenvalue weighted by Crippen LogP contribution is -2.47. The molecule has 1 N–H and O–H groups in total. The minimum absolute atomic E-state index is 0.00574. The van der Waals surface area contributed by atoms with Gasteiger partial charge in [0.2, 0.25) is 11.8 Å². The van der Waals surface area contributed by atoms with Crippen LogP contribution in [0, 0.1) is 11.8 Å². The summed E-state index contributed by atoms with van der Waals surface area (Å²) in [5.74, 6) is 1.97. The fourth-order valence-corrected chi connectivity index (χ4v) is 3.68. The van der Waals surface area contributed by atoms with E-state index in [4.69, 9.17) is 4.42 Å². The Bertz CT molecular complexity index is 556. The summed E-state index contributed by atoms with van der Waals surface area (Å²) >= 11 is 0. The molecule has 3 rings (SSSR count). The molecule has 2 saturated heterocycles. The largest absolute Gasteiger partial charge is 0.467 e. The van der Waals surface area contributed by atoms with Crippen molar-refractivity contribution in [2.45, 2.75) is 39.2 Å². The van der Waals surface area contributed by atoms with Crippen LogP contribution in [0.25, 0.3) is 0 Å². The van der Waals surface area contributed by atoms with Gasteiger partial charge >= 0.3 is 0 Å². The topological polar surface area (TPSA) is 65.8 Å². The van der Waals surface area contributed by atoms with Gasteiger partial charge in [-0.2, -0.15) is 0 Å². The summed E-state index contributed by atoms with van der Waals surface area (Å²) in [6.45, 7) is 6.53. The molecule has 2 amide bonds. The SMILES string of the molecule is CC1CCN(C(=O)C2CCN(CC(=O)NCc3ccco3)CC2)CC1. The number of nitrogens with zero attached hydrogens (tertiary/aromatic N) is 2. The van der Waals surface area contributed by atoms with Crippen LogP contribution in [-0.2, 0) is 16.1 Å². The van der Waals surface area contributed by atoms with E-state index in [1.165, 1.54) is 0 Å². The van der Waals surface area contributed by atoms with E-state index in [0.717, 1.165) is 63.5 Å². The summed E-state index contributed by atoms with van der Waals surface area (Å²) in [5, 5.41) is 2.87. The Kier molecular flexibility index (Phi) is 6.13. The summed E-state index contributed by atoms with van der Waals surface area (Å²) in [4.78, 5) is 28.9. The Labute approximate surface area is 149 Å². The van der Waals surface area contributed by atoms with E-state index in [0.29, 0.717) is 19.0 Å². The first kappa shape index (κ1) is 18.0. The van der Waals surface area contributed by atoms with E-state index < -0.39 is 0 Å². The molecule has 0 spiro atoms. The van der Waals surface area contributed by atoms with Gasteiger partial charge in [0.15, 0.2) is 0 Å². The second-order valence-electron chi connectivity index (χ2n) is 7.41. The maximum absolute atomic E-state index is 12.6. The van der Waals surface area contributed by atoms with Crippen LogP contribution in [0.1, 0.15) is 38.4 Å². The number of piperidine rings is 2. The molecule has 1 aromatic rings. The van der Waals surface area contributed by atoms with Crippen molar-refractivity contribution < 1.29 is 14.0 Å². The van der Waals surface area contributed by atoms with Gasteiger partial charge in [0.05, 0.1) is 19.4 Å². The Balaban J connectivity index is 1.36. The van der Waals surface area contributed by atoms with Crippen LogP contribution in [0.4, 0.5) is 0 Å². The molecule has 25 heavy (non-hydrogen) atoms. The lowest BCUT2D eigenvalue weighted by Gasteiger charge is -2.36. The molecule has 6 heteroatoms. The molecule has 2 aliphatic rings. The van der Waals surface area contributed by atoms with Crippen LogP contribution in [0.3, 0.4) is 0 Å². The van der Waals surface area contributed by atoms with Crippen molar-refractivity contribution in [1.82, 2.24) is 15.1 Å². The zero-order valence-corrected chi connectivity index (χ0v) is 15.1. The second-order valence-corrected chi connectivity index (χ2v) is 7.41. The number of rotatable bonds is 5. The average Bonchev–Trinajstić information content (AvgIpc) is 3.14. The highest BCUT2D eigenvalue weighted by molar-refractivity contribution is 5.79. The highest BCUT2D eigenvalue weighted by Crippen LogP contribution is 2.23. The van der Waals surface area contributed by atoms with Gasteiger partial charge in [0.25, 0.3) is 0 Å². The van der Waals surface area contributed by atoms with Crippen molar-refractivity contribution in [1.29, 1.82) is 0 Å². The van der Waals surface area contributed by atoms with Crippen molar-refractivity contribution in [3.63, 3.8) is 0 Å². The van der Waals surface area contributed by atoms with Crippen LogP contribution >= 0.6 is 0 Å². The average molecular weight is 347 g/mol. The number of amides is 2. The van der Waals surface area contributed by atoms with E-state index in [1.54, 1.807) is 6.26 Å². The molecule has 0 saturated carbocycles. The summed E-state index contributed by atoms with van der Waals surface area (Å²) in [5.41, 5.74) is 0. The van der Waals surface area contributed by atoms with Crippen LogP contribution in [0.15, 0.2) is 22.8 Å². The normalized spacial score (nSPS) is 20.6. The number of hydrogen-bond donors (Lipinski definition) is 1. The van der Waals surface area contributed by atoms with E-state index in [2.05, 4.69) is 22.0 Å². The van der Waals surface area contributed by atoms with Crippen molar-refractivity contribution in [3.05, 3.63) is 24.2 Å². The zero-order valence-electron chi connectivity index (χ0n) is 15.1. The predicted molar refractivity (Wildman–Crippen MR) is 94.7 cm³/mol. The molecule has 0 aliphatic carbocycles. The molecule has 0 unspecified atom stereocenters. The summed E-state index contributed by atoms with van der Waals surface area (Å²) in [6, 6.07) is 3.66. The molecule has 6 nitrogen and oxygen atoms in total. The van der Waals surface area contributed by atoms with Gasteiger partial charge in [0.1, 0.15) is 5.76 Å². The molecular formula is C19H29N3O3. The highest BCUT2D eigenvalue weighted by atomic mass is 16.3. The summed E-state index contributed by atoms with van der Waals surface area (Å²) in [6.07, 6.45) is 5.57. The monoisotopic (exact) mass is 347 g/mol. The Morgan fingerprint density at radius 2 is 1.88 bits per heavy atom. The van der Waals surface area contributed by atoms with E-state index >= 15 is 0 Å². The second kappa shape index (κ2) is 8.52. The molecule has 1 aromatic heterocycles. The maximum Gasteiger partial charge on any atom is 0.234 e. The molecule has 2 fully saturated rings. The van der Waals surface area contributed by atoms with E-state index in [9.17, 15) is 9.59 Å². The standard InChI is InChI=1S/C19H29N3O3/c1-15-4-10-22(11-5-15)19(24)16-6-8-21(9-7-16)14-18(23)20-13-17-3-2-12-25-17/h2-3,12,15-16H,4-11,13-14H2,1H3,(H,20,23). The number of hydrogen-bond acceptors (Lipinski definition) is 4. The molecular weight excluding hydrogens is 318 g/mol. The van der Waals surface area contributed by atoms with Gasteiger partial charge in [0, 0.05) is 19.0 Å². The smallest absolute Gasteiger partial charge is 0.234 e. The maximum atomic E-state index is 12.6. The Hall–Kier alpha value is -1.82. The molecule has 0 bridgehead atoms. The molecule has 0 atom stereocenters. The lowest BCUT2D eigenvalue weighted by molar-refractivity contribution is -0.138. The first-order valence-corrected chi connectivity index (χ1v) is 9.42. The van der Waals surface area contributed by atoms with Crippen LogP contribution < -0.4 is 5.32 Å². The number of carbonyl (C=O) groups excluding carboxylic acids is 2. The first-order valence-electron chi connectivity index (χ1n) is 9.42. The molecule has 2 aliphatic heterocycles. The van der Waals surface area contributed by atoms with Crippen LogP contribution in [0.2, 0.25) is 0 Å². The van der Waals surface area contributed by atoms with Crippen LogP contribution in [0.5, 0.6) is 0 Å². The van der Waals surface area contributed by atoms with Gasteiger partial charge in [-0.05, 0) is 56.8 Å². The Morgan fingerprint density at radius 3 is 2.52 bits per heavy atom. The highest BCUT2D eigenvalue weighted by Gasteiger charge is 2.30. The third kappa shape index (κ3) is 5.08. The van der Waals surface area contributed by atoms with Gasteiger partial charge in [-0.1, -0.05) is 6.92 Å². The number of likely N-dealkylation sites (tertiary alicyclic amines) is 2. The van der Waals surface area contributed by atoms with Crippen molar-refractivity contribution in [2.75, 3.05) is 32.7 Å². The van der Waals surface area contributed by atoms with Gasteiger partial charge < -0.3 is 14.6 Å². The van der Waals surface area contributed by atoms with Gasteiger partial charge in [-0.25, -0.2) is 0 Å². The zero-order chi connectivity index (χ0) is 17.6. The van der Waals surface area contributed by atoms with E-state index in [1.807, 2.05) is 12.1 Å². The fraction of sp³-hybridized carbons (Fsp3) is 0.684. The quantitative estimate of drug-likeness (QED) is 0.883. The van der Waals surface area contributed by atoms with Gasteiger partial charge in [-0.3, -0.25) is 14.5 Å². The van der Waals surface area contributed by atoms with Crippen molar-refractivity contribution >= 4 is 11.8 Å². The molecule has 3 heterocycles. The van der Waals surface area contributed by atoms with Crippen molar-refractivity contribution in [2.24, 2.45) is 11.8 Å². The third-order valence-electron chi connectivity index (χ3n) is 5.44. The predicted octanol–water partition coefficient (Wildman–Crippen LogP) is 1.87. The van der Waals surface area contributed by atoms with Crippen molar-refractivity contribution in [3.8, 4) is 0 Å². The van der Waals surface area contributed by atoms with Crippen LogP contribution in [-0.4, -0.2) is 54.3 Å². The summed E-state index contributed by atoms with van der Waals surface area (Å²) in [7, 11) is 0. The van der Waals surface area contributed by atoms with E-state index in [-0.39, 0.29) is 11.8 Å². The molecule has 0 radical (unpaired) electrons. The third-order valence-corrected chi connectivity index (χ3v) is 5.44. The number of carbonyl (C=O) groups is 2. The van der Waals surface area contributed by atoms with Gasteiger partial charge in [-0.15, -0.1) is 0 Å². The first-order chi connectivity index (χ1) is 12.1. The molecule has 0 aromatic carbocycles. The minimum Gasteiger partial charge on any atom is -0.467 e. The minimum atomic E-state index is 0.00574. The fourth-order valence-electron chi connectivity index (χ4n) is 3.68. The number of nitrogens with one attached hydrogen (secondary N) is 1. The lowest BCUT2D eigenvalue weighted by atomic mass is 9.92. The summed E-state index contributed by atoms with van der Waals surface area (Å²) < 4.78 is 5.21.